The Kier molecular flexibility index (Phi) is 3.66. The van der Waals surface area contributed by atoms with E-state index in [0.29, 0.717) is 0 Å². The molecule has 1 amide bonds. The molecule has 2 rings (SSSR count). The largest absolute Gasteiger partial charge is 0.507 e. The Balaban J connectivity index is 2.34. The third-order valence-corrected chi connectivity index (χ3v) is 2.88. The number of rotatable bonds is 2. The second-order valence-corrected chi connectivity index (χ2v) is 4.06. The molecule has 0 aliphatic carbocycles. The molecule has 2 N–H and O–H groups in total. The van der Waals surface area contributed by atoms with Crippen molar-refractivity contribution in [1.82, 2.24) is 4.90 Å². The minimum absolute atomic E-state index is 0.0313. The van der Waals surface area contributed by atoms with Gasteiger partial charge in [-0.2, -0.15) is 0 Å². The van der Waals surface area contributed by atoms with Gasteiger partial charge in [0.05, 0.1) is 13.2 Å². The zero-order chi connectivity index (χ0) is 14.0. The Morgan fingerprint density at radius 3 is 2.79 bits per heavy atom. The van der Waals surface area contributed by atoms with Gasteiger partial charge in [-0.15, -0.1) is 0 Å². The first-order valence-corrected chi connectivity index (χ1v) is 5.61. The molecular formula is C12H12FNO5. The predicted octanol–water partition coefficient (Wildman–Crippen LogP) is 0.457. The molecule has 6 nitrogen and oxygen atoms in total. The van der Waals surface area contributed by atoms with Gasteiger partial charge in [0.1, 0.15) is 17.1 Å². The number of carboxylic acids is 1. The summed E-state index contributed by atoms with van der Waals surface area (Å²) in [4.78, 5) is 24.2. The molecule has 102 valence electrons. The summed E-state index contributed by atoms with van der Waals surface area (Å²) in [7, 11) is 0. The highest BCUT2D eigenvalue weighted by molar-refractivity contribution is 5.99. The number of phenols is 1. The summed E-state index contributed by atoms with van der Waals surface area (Å²) in [5.74, 6) is -3.49. The zero-order valence-electron chi connectivity index (χ0n) is 9.88. The number of ether oxygens (including phenoxy) is 1. The summed E-state index contributed by atoms with van der Waals surface area (Å²) in [5.41, 5.74) is -0.518. The fourth-order valence-corrected chi connectivity index (χ4v) is 1.92. The van der Waals surface area contributed by atoms with Crippen molar-refractivity contribution in [3.63, 3.8) is 0 Å². The summed E-state index contributed by atoms with van der Waals surface area (Å²) in [6, 6.07) is 2.28. The normalized spacial score (nSPS) is 19.2. The standard InChI is InChI=1S/C12H12FNO5/c13-7-2-1-3-9(15)10(7)11(16)14-4-5-19-6-8(14)12(17)18/h1-3,8,15H,4-6H2,(H,17,18). The van der Waals surface area contributed by atoms with Gasteiger partial charge in [0.25, 0.3) is 5.91 Å². The first-order valence-electron chi connectivity index (χ1n) is 5.61. The van der Waals surface area contributed by atoms with Crippen molar-refractivity contribution < 1.29 is 28.9 Å². The van der Waals surface area contributed by atoms with Crippen LogP contribution in [-0.4, -0.2) is 52.8 Å². The second kappa shape index (κ2) is 5.23. The van der Waals surface area contributed by atoms with Gasteiger partial charge in [0.15, 0.2) is 6.04 Å². The minimum atomic E-state index is -1.23. The summed E-state index contributed by atoms with van der Waals surface area (Å²) in [5, 5.41) is 18.6. The van der Waals surface area contributed by atoms with Gasteiger partial charge < -0.3 is 19.8 Å². The van der Waals surface area contributed by atoms with Crippen LogP contribution in [-0.2, 0) is 9.53 Å². The van der Waals surface area contributed by atoms with E-state index >= 15 is 0 Å². The summed E-state index contributed by atoms with van der Waals surface area (Å²) in [6.07, 6.45) is 0. The van der Waals surface area contributed by atoms with Gasteiger partial charge in [0.2, 0.25) is 0 Å². The molecule has 1 aromatic carbocycles. The molecule has 0 bridgehead atoms. The molecule has 1 aliphatic rings. The van der Waals surface area contributed by atoms with Gasteiger partial charge >= 0.3 is 5.97 Å². The van der Waals surface area contributed by atoms with Gasteiger partial charge in [-0.05, 0) is 12.1 Å². The molecule has 19 heavy (non-hydrogen) atoms. The second-order valence-electron chi connectivity index (χ2n) is 4.06. The summed E-state index contributed by atoms with van der Waals surface area (Å²) >= 11 is 0. The number of carbonyl (C=O) groups is 2. The fraction of sp³-hybridized carbons (Fsp3) is 0.333. The van der Waals surface area contributed by atoms with Gasteiger partial charge in [-0.25, -0.2) is 9.18 Å². The number of carbonyl (C=O) groups excluding carboxylic acids is 1. The Labute approximate surface area is 108 Å². The van der Waals surface area contributed by atoms with Crippen LogP contribution < -0.4 is 0 Å². The molecule has 0 radical (unpaired) electrons. The van der Waals surface area contributed by atoms with Crippen molar-refractivity contribution in [3.05, 3.63) is 29.6 Å². The quantitative estimate of drug-likeness (QED) is 0.814. The van der Waals surface area contributed by atoms with E-state index in [-0.39, 0.29) is 19.8 Å². The van der Waals surface area contributed by atoms with E-state index < -0.39 is 35.0 Å². The average Bonchev–Trinajstić information content (AvgIpc) is 2.38. The van der Waals surface area contributed by atoms with E-state index in [1.165, 1.54) is 12.1 Å². The lowest BCUT2D eigenvalue weighted by atomic mass is 10.1. The Morgan fingerprint density at radius 2 is 2.16 bits per heavy atom. The van der Waals surface area contributed by atoms with E-state index in [1.807, 2.05) is 0 Å². The maximum Gasteiger partial charge on any atom is 0.328 e. The van der Waals surface area contributed by atoms with Crippen molar-refractivity contribution in [3.8, 4) is 5.75 Å². The number of benzene rings is 1. The summed E-state index contributed by atoms with van der Waals surface area (Å²) in [6.45, 7) is 0.0462. The van der Waals surface area contributed by atoms with Gasteiger partial charge in [-0.3, -0.25) is 4.79 Å². The highest BCUT2D eigenvalue weighted by atomic mass is 19.1. The lowest BCUT2D eigenvalue weighted by Gasteiger charge is -2.33. The Bertz CT molecular complexity index is 499. The third kappa shape index (κ3) is 2.50. The van der Waals surface area contributed by atoms with Crippen LogP contribution in [0.2, 0.25) is 0 Å². The molecular weight excluding hydrogens is 257 g/mol. The van der Waals surface area contributed by atoms with Crippen LogP contribution >= 0.6 is 0 Å². The van der Waals surface area contributed by atoms with Crippen molar-refractivity contribution >= 4 is 11.9 Å². The fourth-order valence-electron chi connectivity index (χ4n) is 1.92. The number of hydrogen-bond acceptors (Lipinski definition) is 4. The van der Waals surface area contributed by atoms with Gasteiger partial charge in [0, 0.05) is 6.54 Å². The highest BCUT2D eigenvalue weighted by Crippen LogP contribution is 2.23. The minimum Gasteiger partial charge on any atom is -0.507 e. The number of carboxylic acid groups (broad SMARTS) is 1. The number of nitrogens with zero attached hydrogens (tertiary/aromatic N) is 1. The van der Waals surface area contributed by atoms with Gasteiger partial charge in [-0.1, -0.05) is 6.07 Å². The maximum atomic E-state index is 13.6. The van der Waals surface area contributed by atoms with Crippen LogP contribution in [0, 0.1) is 5.82 Å². The molecule has 0 aromatic heterocycles. The lowest BCUT2D eigenvalue weighted by Crippen LogP contribution is -2.52. The van der Waals surface area contributed by atoms with Crippen LogP contribution in [0.4, 0.5) is 4.39 Å². The molecule has 1 atom stereocenters. The lowest BCUT2D eigenvalue weighted by molar-refractivity contribution is -0.147. The zero-order valence-corrected chi connectivity index (χ0v) is 9.88. The Hall–Kier alpha value is -2.15. The van der Waals surface area contributed by atoms with E-state index in [0.717, 1.165) is 11.0 Å². The Morgan fingerprint density at radius 1 is 1.42 bits per heavy atom. The third-order valence-electron chi connectivity index (χ3n) is 2.88. The molecule has 1 saturated heterocycles. The van der Waals surface area contributed by atoms with Crippen molar-refractivity contribution in [1.29, 1.82) is 0 Å². The SMILES string of the molecule is O=C(O)C1COCCN1C(=O)c1c(O)cccc1F. The molecule has 1 heterocycles. The van der Waals surface area contributed by atoms with Crippen LogP contribution in [0.25, 0.3) is 0 Å². The van der Waals surface area contributed by atoms with Crippen LogP contribution in [0.5, 0.6) is 5.75 Å². The number of morpholine rings is 1. The topological polar surface area (TPSA) is 87.1 Å². The van der Waals surface area contributed by atoms with E-state index in [4.69, 9.17) is 9.84 Å². The van der Waals surface area contributed by atoms with E-state index in [1.54, 1.807) is 0 Å². The van der Waals surface area contributed by atoms with Crippen LogP contribution in [0.1, 0.15) is 10.4 Å². The van der Waals surface area contributed by atoms with Crippen molar-refractivity contribution in [2.24, 2.45) is 0 Å². The molecule has 1 fully saturated rings. The summed E-state index contributed by atoms with van der Waals surface area (Å²) < 4.78 is 18.6. The first kappa shape index (κ1) is 13.3. The van der Waals surface area contributed by atoms with Crippen molar-refractivity contribution in [2.45, 2.75) is 6.04 Å². The number of hydrogen-bond donors (Lipinski definition) is 2. The number of aromatic hydroxyl groups is 1. The molecule has 7 heteroatoms. The monoisotopic (exact) mass is 269 g/mol. The van der Waals surface area contributed by atoms with Crippen LogP contribution in [0.15, 0.2) is 18.2 Å². The molecule has 1 aliphatic heterocycles. The predicted molar refractivity (Wildman–Crippen MR) is 61.3 cm³/mol. The molecule has 0 saturated carbocycles. The highest BCUT2D eigenvalue weighted by Gasteiger charge is 2.35. The number of aliphatic carboxylic acids is 1. The van der Waals surface area contributed by atoms with Crippen LogP contribution in [0.3, 0.4) is 0 Å². The smallest absolute Gasteiger partial charge is 0.328 e. The number of phenolic OH excluding ortho intramolecular Hbond substituents is 1. The van der Waals surface area contributed by atoms with E-state index in [9.17, 15) is 19.1 Å². The first-order chi connectivity index (χ1) is 9.02. The number of halogens is 1. The number of amides is 1. The molecule has 0 spiro atoms. The maximum absolute atomic E-state index is 13.6. The van der Waals surface area contributed by atoms with Crippen molar-refractivity contribution in [2.75, 3.05) is 19.8 Å². The molecule has 1 aromatic rings. The molecule has 1 unspecified atom stereocenters. The average molecular weight is 269 g/mol. The van der Waals surface area contributed by atoms with E-state index in [2.05, 4.69) is 0 Å².